The van der Waals surface area contributed by atoms with Crippen LogP contribution in [0.25, 0.3) is 16.8 Å². The van der Waals surface area contributed by atoms with Crippen molar-refractivity contribution in [2.45, 2.75) is 19.4 Å². The van der Waals surface area contributed by atoms with Gasteiger partial charge in [-0.1, -0.05) is 12.1 Å². The summed E-state index contributed by atoms with van der Waals surface area (Å²) in [5.74, 6) is 0. The molecule has 0 saturated heterocycles. The smallest absolute Gasteiger partial charge is 0.324 e. The lowest BCUT2D eigenvalue weighted by Gasteiger charge is -2.04. The number of pyridine rings is 2. The molecule has 4 N–H and O–H groups in total. The Kier molecular flexibility index (Phi) is 7.55. The van der Waals surface area contributed by atoms with Crippen molar-refractivity contribution in [3.8, 4) is 16.8 Å². The molecule has 8 nitrogen and oxygen atoms in total. The molecular formula is C21H26N2O6P2+2. The first-order valence-electron chi connectivity index (χ1n) is 9.78. The molecule has 2 heterocycles. The lowest BCUT2D eigenvalue weighted by molar-refractivity contribution is -0.696. The number of aryl methyl sites for hydroxylation is 2. The van der Waals surface area contributed by atoms with E-state index >= 15 is 0 Å². The van der Waals surface area contributed by atoms with E-state index < -0.39 is 15.2 Å². The zero-order valence-corrected chi connectivity index (χ0v) is 18.6. The fourth-order valence-electron chi connectivity index (χ4n) is 3.16. The molecule has 0 radical (unpaired) electrons. The van der Waals surface area contributed by atoms with Crippen LogP contribution >= 0.6 is 15.2 Å². The molecule has 31 heavy (non-hydrogen) atoms. The maximum atomic E-state index is 11.0. The summed E-state index contributed by atoms with van der Waals surface area (Å²) in [4.78, 5) is 35.8. The third kappa shape index (κ3) is 7.78. The molecule has 0 unspecified atom stereocenters. The van der Waals surface area contributed by atoms with Crippen molar-refractivity contribution in [1.82, 2.24) is 0 Å². The van der Waals surface area contributed by atoms with Crippen LogP contribution in [-0.2, 0) is 22.1 Å². The van der Waals surface area contributed by atoms with E-state index in [0.717, 1.165) is 22.4 Å². The molecule has 2 aromatic heterocycles. The first-order chi connectivity index (χ1) is 14.6. The molecule has 0 aliphatic carbocycles. The number of hydrogen-bond acceptors (Lipinski definition) is 2. The maximum absolute atomic E-state index is 11.0. The molecule has 0 atom stereocenters. The number of benzene rings is 1. The second-order valence-electron chi connectivity index (χ2n) is 7.37. The summed E-state index contributed by atoms with van der Waals surface area (Å²) in [7, 11) is -7.94. The van der Waals surface area contributed by atoms with E-state index in [0.29, 0.717) is 19.4 Å². The summed E-state index contributed by atoms with van der Waals surface area (Å²) in [6.45, 7) is 0.546. The Balaban J connectivity index is 1.62. The van der Waals surface area contributed by atoms with Gasteiger partial charge in [-0.05, 0) is 23.1 Å². The van der Waals surface area contributed by atoms with Gasteiger partial charge in [0.05, 0.1) is 12.3 Å². The van der Waals surface area contributed by atoms with Gasteiger partial charge in [0.1, 0.15) is 6.54 Å². The van der Waals surface area contributed by atoms with Crippen molar-refractivity contribution in [2.75, 3.05) is 12.3 Å². The van der Waals surface area contributed by atoms with Crippen molar-refractivity contribution in [3.05, 3.63) is 78.9 Å². The van der Waals surface area contributed by atoms with Gasteiger partial charge in [-0.15, -0.1) is 0 Å². The minimum absolute atomic E-state index is 0.120. The molecule has 3 rings (SSSR count). The van der Waals surface area contributed by atoms with E-state index in [1.807, 2.05) is 82.5 Å². The lowest BCUT2D eigenvalue weighted by Crippen LogP contribution is -2.33. The van der Waals surface area contributed by atoms with Gasteiger partial charge in [0.2, 0.25) is 5.69 Å². The van der Waals surface area contributed by atoms with Crippen molar-refractivity contribution >= 4 is 15.2 Å². The van der Waals surface area contributed by atoms with Crippen LogP contribution < -0.4 is 9.13 Å². The molecule has 10 heteroatoms. The standard InChI is InChI=1S/C21H24N2O6P2/c24-30(25,26)16-1-11-22-12-6-19(7-13-22)20-8-14-23(15-9-20)21-4-2-18(3-5-21)10-17-31(27,28)29/h2-9,12-15H,1,10-11,16-17H2,(H2-2,24,25,26,27,28,29)/p+2. The normalized spacial score (nSPS) is 12.1. The summed E-state index contributed by atoms with van der Waals surface area (Å²) in [5, 5.41) is 0. The van der Waals surface area contributed by atoms with Crippen LogP contribution in [0.1, 0.15) is 12.0 Å². The predicted octanol–water partition coefficient (Wildman–Crippen LogP) is 2.21. The highest BCUT2D eigenvalue weighted by molar-refractivity contribution is 7.52. The Hall–Kier alpha value is -2.18. The molecule has 0 bridgehead atoms. The van der Waals surface area contributed by atoms with Crippen LogP contribution in [0, 0.1) is 0 Å². The Morgan fingerprint density at radius 2 is 1.19 bits per heavy atom. The van der Waals surface area contributed by atoms with Crippen LogP contribution in [0.5, 0.6) is 0 Å². The summed E-state index contributed by atoms with van der Waals surface area (Å²) >= 11 is 0. The van der Waals surface area contributed by atoms with Gasteiger partial charge in [0.25, 0.3) is 0 Å². The average Bonchev–Trinajstić information content (AvgIpc) is 2.72. The van der Waals surface area contributed by atoms with Gasteiger partial charge in [-0.25, -0.2) is 4.57 Å². The van der Waals surface area contributed by atoms with E-state index in [1.54, 1.807) is 0 Å². The highest BCUT2D eigenvalue weighted by atomic mass is 31.2. The minimum Gasteiger partial charge on any atom is -0.324 e. The van der Waals surface area contributed by atoms with Gasteiger partial charge >= 0.3 is 15.2 Å². The SMILES string of the molecule is O=P(O)(O)CCC[n+]1ccc(-c2cc[n+](-c3ccc(CCP(=O)(O)O)cc3)cc2)cc1. The minimum atomic E-state index is -3.99. The zero-order valence-electron chi connectivity index (χ0n) is 16.9. The molecule has 164 valence electrons. The molecule has 0 spiro atoms. The zero-order chi connectivity index (χ0) is 22.5. The van der Waals surface area contributed by atoms with Crippen LogP contribution in [0.2, 0.25) is 0 Å². The van der Waals surface area contributed by atoms with Crippen LogP contribution in [0.3, 0.4) is 0 Å². The molecule has 0 aliphatic heterocycles. The summed E-state index contributed by atoms with van der Waals surface area (Å²) in [6, 6.07) is 15.5. The Morgan fingerprint density at radius 3 is 1.71 bits per heavy atom. The van der Waals surface area contributed by atoms with Crippen LogP contribution in [0.15, 0.2) is 73.3 Å². The van der Waals surface area contributed by atoms with Crippen LogP contribution in [0.4, 0.5) is 0 Å². The second-order valence-corrected chi connectivity index (χ2v) is 10.9. The summed E-state index contributed by atoms with van der Waals surface area (Å²) < 4.78 is 25.8. The highest BCUT2D eigenvalue weighted by Crippen LogP contribution is 2.35. The van der Waals surface area contributed by atoms with Crippen LogP contribution in [-0.4, -0.2) is 31.9 Å². The molecule has 0 amide bonds. The maximum Gasteiger partial charge on any atom is 0.325 e. The molecule has 0 fully saturated rings. The third-order valence-corrected chi connectivity index (χ3v) is 6.55. The van der Waals surface area contributed by atoms with E-state index in [1.165, 1.54) is 0 Å². The van der Waals surface area contributed by atoms with E-state index in [4.69, 9.17) is 19.6 Å². The van der Waals surface area contributed by atoms with Crippen molar-refractivity contribution in [3.63, 3.8) is 0 Å². The Labute approximate surface area is 180 Å². The van der Waals surface area contributed by atoms with Gasteiger partial charge < -0.3 is 19.6 Å². The summed E-state index contributed by atoms with van der Waals surface area (Å²) in [6.07, 6.45) is 8.15. The molecule has 1 aromatic carbocycles. The first-order valence-corrected chi connectivity index (χ1v) is 13.4. The van der Waals surface area contributed by atoms with Crippen molar-refractivity contribution < 1.29 is 37.8 Å². The van der Waals surface area contributed by atoms with E-state index in [-0.39, 0.29) is 12.3 Å². The quantitative estimate of drug-likeness (QED) is 0.285. The highest BCUT2D eigenvalue weighted by Gasteiger charge is 2.15. The fourth-order valence-corrected chi connectivity index (χ4v) is 4.26. The van der Waals surface area contributed by atoms with E-state index in [2.05, 4.69) is 0 Å². The van der Waals surface area contributed by atoms with Crippen molar-refractivity contribution in [2.24, 2.45) is 0 Å². The first kappa shape index (κ1) is 23.5. The van der Waals surface area contributed by atoms with Gasteiger partial charge in [-0.2, -0.15) is 4.57 Å². The number of aromatic nitrogens is 2. The molecule has 3 aromatic rings. The number of nitrogens with zero attached hydrogens (tertiary/aromatic N) is 2. The Bertz CT molecular complexity index is 1090. The Morgan fingerprint density at radius 1 is 0.677 bits per heavy atom. The predicted molar refractivity (Wildman–Crippen MR) is 116 cm³/mol. The molecule has 0 saturated carbocycles. The van der Waals surface area contributed by atoms with Gasteiger partial charge in [0, 0.05) is 42.8 Å². The summed E-state index contributed by atoms with van der Waals surface area (Å²) in [5.41, 5.74) is 3.90. The fraction of sp³-hybridized carbons (Fsp3) is 0.238. The number of hydrogen-bond donors (Lipinski definition) is 4. The van der Waals surface area contributed by atoms with Gasteiger partial charge in [0.15, 0.2) is 24.8 Å². The monoisotopic (exact) mass is 464 g/mol. The van der Waals surface area contributed by atoms with E-state index in [9.17, 15) is 9.13 Å². The lowest BCUT2D eigenvalue weighted by atomic mass is 10.1. The second kappa shape index (κ2) is 9.96. The van der Waals surface area contributed by atoms with Crippen molar-refractivity contribution in [1.29, 1.82) is 0 Å². The third-order valence-electron chi connectivity index (χ3n) is 4.85. The molecule has 0 aliphatic rings. The molecular weight excluding hydrogens is 438 g/mol. The average molecular weight is 464 g/mol. The largest absolute Gasteiger partial charge is 0.325 e. The van der Waals surface area contributed by atoms with Gasteiger partial charge in [-0.3, -0.25) is 9.13 Å². The number of rotatable bonds is 9. The topological polar surface area (TPSA) is 123 Å².